The highest BCUT2D eigenvalue weighted by atomic mass is 35.5. The number of nitrogens with one attached hydrogen (secondary N) is 1. The Morgan fingerprint density at radius 3 is 2.53 bits per heavy atom. The molecule has 1 heterocycles. The fourth-order valence-corrected chi connectivity index (χ4v) is 1.99. The zero-order valence-electron chi connectivity index (χ0n) is 10.8. The molecule has 0 aromatic carbocycles. The summed E-state index contributed by atoms with van der Waals surface area (Å²) in [4.78, 5) is 19.3. The van der Waals surface area contributed by atoms with Gasteiger partial charge in [-0.3, -0.25) is 4.79 Å². The van der Waals surface area contributed by atoms with Gasteiger partial charge >= 0.3 is 0 Å². The highest BCUT2D eigenvalue weighted by Gasteiger charge is 2.05. The summed E-state index contributed by atoms with van der Waals surface area (Å²) in [6, 6.07) is 1.62. The number of alkyl halides is 1. The zero-order valence-corrected chi connectivity index (χ0v) is 12.4. The largest absolute Gasteiger partial charge is 0.481 e. The van der Waals surface area contributed by atoms with Crippen LogP contribution >= 0.6 is 23.4 Å². The maximum absolute atomic E-state index is 10.9. The molecule has 1 aromatic heterocycles. The minimum absolute atomic E-state index is 0.0130. The van der Waals surface area contributed by atoms with Gasteiger partial charge < -0.3 is 14.8 Å². The molecule has 0 spiro atoms. The molecule has 0 bridgehead atoms. The van der Waals surface area contributed by atoms with Crippen molar-refractivity contribution in [3.63, 3.8) is 0 Å². The predicted molar refractivity (Wildman–Crippen MR) is 75.0 cm³/mol. The number of rotatable bonds is 8. The van der Waals surface area contributed by atoms with Gasteiger partial charge in [0.15, 0.2) is 0 Å². The third-order valence-electron chi connectivity index (χ3n) is 2.06. The molecule has 0 atom stereocenters. The van der Waals surface area contributed by atoms with Crippen molar-refractivity contribution in [1.29, 1.82) is 0 Å². The molecule has 0 radical (unpaired) electrons. The van der Waals surface area contributed by atoms with Gasteiger partial charge in [-0.15, -0.1) is 11.6 Å². The molecule has 1 N–H and O–H groups in total. The van der Waals surface area contributed by atoms with Crippen molar-refractivity contribution in [3.05, 3.63) is 11.9 Å². The summed E-state index contributed by atoms with van der Waals surface area (Å²) < 4.78 is 10.1. The van der Waals surface area contributed by atoms with E-state index in [0.29, 0.717) is 29.9 Å². The van der Waals surface area contributed by atoms with Gasteiger partial charge in [-0.05, 0) is 0 Å². The number of carbonyl (C=O) groups excluding carboxylic acids is 1. The van der Waals surface area contributed by atoms with Crippen LogP contribution in [0.5, 0.6) is 11.8 Å². The number of methoxy groups -OCH3 is 2. The average molecular weight is 306 g/mol. The topological polar surface area (TPSA) is 73.3 Å². The predicted octanol–water partition coefficient (Wildman–Crippen LogP) is 1.08. The molecule has 0 saturated heterocycles. The Morgan fingerprint density at radius 1 is 1.37 bits per heavy atom. The standard InChI is InChI=1S/C11H16ClN3O3S/c1-17-10-5-11(18-2)15-8(14-10)7-19-4-3-13-9(16)6-12/h5H,3-4,6-7H2,1-2H3,(H,13,16). The van der Waals surface area contributed by atoms with Crippen LogP contribution in [0.4, 0.5) is 0 Å². The summed E-state index contributed by atoms with van der Waals surface area (Å²) in [5, 5.41) is 2.68. The molecule has 1 aromatic rings. The van der Waals surface area contributed by atoms with E-state index in [9.17, 15) is 4.79 Å². The number of thioether (sulfide) groups is 1. The Balaban J connectivity index is 2.38. The molecule has 0 aliphatic heterocycles. The van der Waals surface area contributed by atoms with E-state index in [1.807, 2.05) is 0 Å². The van der Waals surface area contributed by atoms with Crippen LogP contribution in [-0.4, -0.2) is 48.3 Å². The second-order valence-corrected chi connectivity index (χ2v) is 4.78. The zero-order chi connectivity index (χ0) is 14.1. The van der Waals surface area contributed by atoms with Gasteiger partial charge in [0.05, 0.1) is 26.0 Å². The fourth-order valence-electron chi connectivity index (χ4n) is 1.20. The van der Waals surface area contributed by atoms with Crippen molar-refractivity contribution in [2.24, 2.45) is 0 Å². The molecular weight excluding hydrogens is 290 g/mol. The Morgan fingerprint density at radius 2 is 2.00 bits per heavy atom. The monoisotopic (exact) mass is 305 g/mol. The van der Waals surface area contributed by atoms with Crippen LogP contribution in [0.15, 0.2) is 6.07 Å². The SMILES string of the molecule is COc1cc(OC)nc(CSCCNC(=O)CCl)n1. The molecule has 19 heavy (non-hydrogen) atoms. The van der Waals surface area contributed by atoms with Crippen molar-refractivity contribution in [1.82, 2.24) is 15.3 Å². The maximum Gasteiger partial charge on any atom is 0.234 e. The van der Waals surface area contributed by atoms with Crippen LogP contribution in [0.2, 0.25) is 0 Å². The molecule has 106 valence electrons. The van der Waals surface area contributed by atoms with Crippen molar-refractivity contribution in [2.75, 3.05) is 32.4 Å². The van der Waals surface area contributed by atoms with Crippen molar-refractivity contribution >= 4 is 29.3 Å². The molecule has 0 fully saturated rings. The van der Waals surface area contributed by atoms with E-state index < -0.39 is 0 Å². The Hall–Kier alpha value is -1.21. The smallest absolute Gasteiger partial charge is 0.234 e. The second-order valence-electron chi connectivity index (χ2n) is 3.41. The summed E-state index contributed by atoms with van der Waals surface area (Å²) in [6.07, 6.45) is 0. The molecule has 0 aliphatic carbocycles. The van der Waals surface area contributed by atoms with E-state index in [-0.39, 0.29) is 11.8 Å². The van der Waals surface area contributed by atoms with Crippen LogP contribution in [-0.2, 0) is 10.5 Å². The lowest BCUT2D eigenvalue weighted by Crippen LogP contribution is -2.26. The Kier molecular flexibility index (Phi) is 7.35. The highest BCUT2D eigenvalue weighted by Crippen LogP contribution is 2.17. The summed E-state index contributed by atoms with van der Waals surface area (Å²) in [7, 11) is 3.08. The number of carbonyl (C=O) groups is 1. The minimum atomic E-state index is -0.165. The van der Waals surface area contributed by atoms with E-state index in [0.717, 1.165) is 5.75 Å². The number of amides is 1. The van der Waals surface area contributed by atoms with Gasteiger partial charge in [0.2, 0.25) is 17.7 Å². The van der Waals surface area contributed by atoms with E-state index >= 15 is 0 Å². The fraction of sp³-hybridized carbons (Fsp3) is 0.545. The van der Waals surface area contributed by atoms with Crippen LogP contribution in [0.25, 0.3) is 0 Å². The lowest BCUT2D eigenvalue weighted by atomic mass is 10.5. The van der Waals surface area contributed by atoms with Crippen LogP contribution in [0.1, 0.15) is 5.82 Å². The molecular formula is C11H16ClN3O3S. The minimum Gasteiger partial charge on any atom is -0.481 e. The molecule has 0 aliphatic rings. The normalized spacial score (nSPS) is 10.1. The Bertz CT molecular complexity index is 398. The van der Waals surface area contributed by atoms with E-state index in [1.54, 1.807) is 32.0 Å². The van der Waals surface area contributed by atoms with E-state index in [1.165, 1.54) is 0 Å². The first-order valence-electron chi connectivity index (χ1n) is 5.56. The summed E-state index contributed by atoms with van der Waals surface area (Å²) in [5.41, 5.74) is 0. The lowest BCUT2D eigenvalue weighted by molar-refractivity contribution is -0.118. The molecule has 1 amide bonds. The number of nitrogens with zero attached hydrogens (tertiary/aromatic N) is 2. The third kappa shape index (κ3) is 5.98. The van der Waals surface area contributed by atoms with Gasteiger partial charge in [-0.2, -0.15) is 21.7 Å². The van der Waals surface area contributed by atoms with Gasteiger partial charge in [0.25, 0.3) is 0 Å². The number of hydrogen-bond acceptors (Lipinski definition) is 6. The third-order valence-corrected chi connectivity index (χ3v) is 3.26. The maximum atomic E-state index is 10.9. The van der Waals surface area contributed by atoms with Crippen LogP contribution in [0, 0.1) is 0 Å². The molecule has 6 nitrogen and oxygen atoms in total. The van der Waals surface area contributed by atoms with Gasteiger partial charge in [0, 0.05) is 12.3 Å². The second kappa shape index (κ2) is 8.82. The van der Waals surface area contributed by atoms with Crippen LogP contribution in [0.3, 0.4) is 0 Å². The van der Waals surface area contributed by atoms with Crippen molar-refractivity contribution in [2.45, 2.75) is 5.75 Å². The summed E-state index contributed by atoms with van der Waals surface area (Å²) >= 11 is 6.96. The highest BCUT2D eigenvalue weighted by molar-refractivity contribution is 7.98. The first kappa shape index (κ1) is 15.8. The molecule has 0 saturated carbocycles. The first-order valence-corrected chi connectivity index (χ1v) is 7.25. The first-order chi connectivity index (χ1) is 9.19. The molecule has 1 rings (SSSR count). The quantitative estimate of drug-likeness (QED) is 0.572. The van der Waals surface area contributed by atoms with Crippen LogP contribution < -0.4 is 14.8 Å². The summed E-state index contributed by atoms with van der Waals surface area (Å²) in [5.74, 6) is 2.76. The van der Waals surface area contributed by atoms with E-state index in [2.05, 4.69) is 15.3 Å². The average Bonchev–Trinajstić information content (AvgIpc) is 2.46. The van der Waals surface area contributed by atoms with Crippen molar-refractivity contribution in [3.8, 4) is 11.8 Å². The number of ether oxygens (including phenoxy) is 2. The van der Waals surface area contributed by atoms with Crippen molar-refractivity contribution < 1.29 is 14.3 Å². The van der Waals surface area contributed by atoms with E-state index in [4.69, 9.17) is 21.1 Å². The van der Waals surface area contributed by atoms with Gasteiger partial charge in [-0.25, -0.2) is 0 Å². The number of aromatic nitrogens is 2. The molecule has 8 heteroatoms. The Labute approximate surface area is 121 Å². The molecule has 0 unspecified atom stereocenters. The number of halogens is 1. The lowest BCUT2D eigenvalue weighted by Gasteiger charge is -2.06. The number of hydrogen-bond donors (Lipinski definition) is 1. The summed E-state index contributed by atoms with van der Waals surface area (Å²) in [6.45, 7) is 0.567. The van der Waals surface area contributed by atoms with Gasteiger partial charge in [-0.1, -0.05) is 0 Å². The van der Waals surface area contributed by atoms with Gasteiger partial charge in [0.1, 0.15) is 11.7 Å².